The maximum Gasteiger partial charge on any atom is 0.306 e. The van der Waals surface area contributed by atoms with Gasteiger partial charge in [0.15, 0.2) is 11.6 Å². The van der Waals surface area contributed by atoms with E-state index in [0.29, 0.717) is 85.0 Å². The van der Waals surface area contributed by atoms with Gasteiger partial charge in [0.2, 0.25) is 0 Å². The van der Waals surface area contributed by atoms with Gasteiger partial charge in [-0.1, -0.05) is 25.5 Å². The Labute approximate surface area is 240 Å². The molecule has 0 aliphatic carbocycles. The second kappa shape index (κ2) is 15.6. The summed E-state index contributed by atoms with van der Waals surface area (Å²) in [6, 6.07) is 12.3. The molecular formula is C32H38O9. The molecule has 0 fully saturated rings. The van der Waals surface area contributed by atoms with E-state index in [-0.39, 0.29) is 30.3 Å². The van der Waals surface area contributed by atoms with Crippen LogP contribution in [0.1, 0.15) is 72.7 Å². The molecule has 3 aromatic carbocycles. The average molecular weight is 567 g/mol. The molecule has 0 spiro atoms. The molecule has 0 saturated carbocycles. The van der Waals surface area contributed by atoms with Gasteiger partial charge in [0.05, 0.1) is 37.4 Å². The largest absolute Gasteiger partial charge is 0.507 e. The second-order valence-electron chi connectivity index (χ2n) is 9.63. The average Bonchev–Trinajstić information content (AvgIpc) is 2.92. The van der Waals surface area contributed by atoms with Crippen molar-refractivity contribution in [3.63, 3.8) is 0 Å². The highest BCUT2D eigenvalue weighted by atomic mass is 16.5. The van der Waals surface area contributed by atoms with Crippen LogP contribution in [0.5, 0.6) is 23.0 Å². The van der Waals surface area contributed by atoms with Crippen LogP contribution in [0.4, 0.5) is 0 Å². The smallest absolute Gasteiger partial charge is 0.306 e. The lowest BCUT2D eigenvalue weighted by Crippen LogP contribution is -2.09. The van der Waals surface area contributed by atoms with Gasteiger partial charge in [0.1, 0.15) is 23.0 Å². The molecule has 3 rings (SSSR count). The first-order valence-corrected chi connectivity index (χ1v) is 13.8. The van der Waals surface area contributed by atoms with Crippen molar-refractivity contribution in [2.24, 2.45) is 0 Å². The summed E-state index contributed by atoms with van der Waals surface area (Å²) >= 11 is 0. The lowest BCUT2D eigenvalue weighted by Gasteiger charge is -2.15. The number of ether oxygens (including phenoxy) is 4. The van der Waals surface area contributed by atoms with Crippen molar-refractivity contribution >= 4 is 28.3 Å². The van der Waals surface area contributed by atoms with E-state index in [9.17, 15) is 19.5 Å². The maximum absolute atomic E-state index is 12.5. The van der Waals surface area contributed by atoms with Gasteiger partial charge < -0.3 is 29.2 Å². The van der Waals surface area contributed by atoms with Crippen LogP contribution in [-0.4, -0.2) is 60.8 Å². The van der Waals surface area contributed by atoms with E-state index in [2.05, 4.69) is 0 Å². The number of benzene rings is 3. The molecule has 0 aromatic heterocycles. The number of hydrogen-bond donors (Lipinski definition) is 2. The maximum atomic E-state index is 12.5. The monoisotopic (exact) mass is 566 g/mol. The Morgan fingerprint density at radius 2 is 1.44 bits per heavy atom. The van der Waals surface area contributed by atoms with E-state index in [4.69, 9.17) is 24.1 Å². The zero-order valence-corrected chi connectivity index (χ0v) is 23.9. The molecule has 0 unspecified atom stereocenters. The third kappa shape index (κ3) is 8.94. The number of Topliss-reactive ketones (excluding diaryl/α,β-unsaturated/α-hetero) is 2. The first kappa shape index (κ1) is 31.4. The molecular weight excluding hydrogens is 528 g/mol. The number of ketones is 2. The van der Waals surface area contributed by atoms with Crippen molar-refractivity contribution in [3.05, 3.63) is 59.2 Å². The minimum absolute atomic E-state index is 0.00282. The van der Waals surface area contributed by atoms with Crippen LogP contribution in [-0.2, 0) is 16.0 Å². The number of rotatable bonds is 18. The molecule has 0 saturated heterocycles. The molecule has 41 heavy (non-hydrogen) atoms. The number of carboxylic acid groups (broad SMARTS) is 1. The van der Waals surface area contributed by atoms with Crippen LogP contribution in [0.2, 0.25) is 0 Å². The Morgan fingerprint density at radius 3 is 2.07 bits per heavy atom. The van der Waals surface area contributed by atoms with E-state index in [1.54, 1.807) is 30.3 Å². The summed E-state index contributed by atoms with van der Waals surface area (Å²) in [6.45, 7) is 6.68. The first-order valence-electron chi connectivity index (χ1n) is 13.8. The van der Waals surface area contributed by atoms with Gasteiger partial charge >= 0.3 is 5.97 Å². The summed E-state index contributed by atoms with van der Waals surface area (Å²) in [5.74, 6) is 0.273. The van der Waals surface area contributed by atoms with Gasteiger partial charge in [-0.15, -0.1) is 0 Å². The Hall–Kier alpha value is -4.11. The van der Waals surface area contributed by atoms with Crippen molar-refractivity contribution < 1.29 is 43.5 Å². The zero-order valence-electron chi connectivity index (χ0n) is 23.9. The van der Waals surface area contributed by atoms with Crippen LogP contribution in [0.3, 0.4) is 0 Å². The molecule has 0 aliphatic heterocycles. The second-order valence-corrected chi connectivity index (χ2v) is 9.63. The van der Waals surface area contributed by atoms with Crippen molar-refractivity contribution in [1.29, 1.82) is 0 Å². The first-order chi connectivity index (χ1) is 19.7. The number of hydrogen-bond acceptors (Lipinski definition) is 8. The number of aromatic hydroxyl groups is 1. The SMILES string of the molecule is CCCc1c(OCCCOCCCOc2ccc3ccc(OCCC(=O)O)cc3c2C(C)=O)ccc(C(C)=O)c1O. The number of aliphatic carboxylic acids is 1. The Bertz CT molecular complexity index is 1360. The van der Waals surface area contributed by atoms with E-state index < -0.39 is 5.97 Å². The van der Waals surface area contributed by atoms with Gasteiger partial charge in [-0.3, -0.25) is 14.4 Å². The van der Waals surface area contributed by atoms with Gasteiger partial charge in [-0.2, -0.15) is 0 Å². The zero-order chi connectivity index (χ0) is 29.8. The van der Waals surface area contributed by atoms with E-state index in [1.165, 1.54) is 13.8 Å². The quantitative estimate of drug-likeness (QED) is 0.140. The van der Waals surface area contributed by atoms with Crippen LogP contribution < -0.4 is 14.2 Å². The predicted molar refractivity (Wildman–Crippen MR) is 155 cm³/mol. The van der Waals surface area contributed by atoms with Crippen LogP contribution in [0, 0.1) is 0 Å². The molecule has 0 atom stereocenters. The summed E-state index contributed by atoms with van der Waals surface area (Å²) in [5.41, 5.74) is 1.41. The molecule has 220 valence electrons. The molecule has 0 bridgehead atoms. The number of phenols is 1. The highest BCUT2D eigenvalue weighted by Gasteiger charge is 2.16. The van der Waals surface area contributed by atoms with Crippen LogP contribution in [0.25, 0.3) is 10.8 Å². The molecule has 9 heteroatoms. The van der Waals surface area contributed by atoms with Crippen LogP contribution in [0.15, 0.2) is 42.5 Å². The van der Waals surface area contributed by atoms with E-state index >= 15 is 0 Å². The number of carbonyl (C=O) groups excluding carboxylic acids is 2. The van der Waals surface area contributed by atoms with Gasteiger partial charge in [0.25, 0.3) is 0 Å². The summed E-state index contributed by atoms with van der Waals surface area (Å²) in [4.78, 5) is 35.0. The van der Waals surface area contributed by atoms with Gasteiger partial charge in [-0.05, 0) is 61.4 Å². The molecule has 0 heterocycles. The number of carbonyl (C=O) groups is 3. The topological polar surface area (TPSA) is 129 Å². The predicted octanol–water partition coefficient (Wildman–Crippen LogP) is 6.01. The minimum Gasteiger partial charge on any atom is -0.507 e. The summed E-state index contributed by atoms with van der Waals surface area (Å²) in [7, 11) is 0. The highest BCUT2D eigenvalue weighted by molar-refractivity contribution is 6.09. The van der Waals surface area contributed by atoms with Crippen molar-refractivity contribution in [3.8, 4) is 23.0 Å². The van der Waals surface area contributed by atoms with Gasteiger partial charge in [-0.25, -0.2) is 0 Å². The highest BCUT2D eigenvalue weighted by Crippen LogP contribution is 2.33. The normalized spacial score (nSPS) is 10.9. The third-order valence-corrected chi connectivity index (χ3v) is 6.39. The Kier molecular flexibility index (Phi) is 12.0. The lowest BCUT2D eigenvalue weighted by atomic mass is 10.0. The van der Waals surface area contributed by atoms with Crippen molar-refractivity contribution in [2.45, 2.75) is 52.9 Å². The molecule has 0 radical (unpaired) electrons. The number of carboxylic acids is 1. The summed E-state index contributed by atoms with van der Waals surface area (Å²) < 4.78 is 23.0. The van der Waals surface area contributed by atoms with Crippen LogP contribution >= 0.6 is 0 Å². The Balaban J connectivity index is 1.45. The molecule has 9 nitrogen and oxygen atoms in total. The number of fused-ring (bicyclic) bond motifs is 1. The lowest BCUT2D eigenvalue weighted by molar-refractivity contribution is -0.137. The summed E-state index contributed by atoms with van der Waals surface area (Å²) in [5, 5.41) is 20.8. The molecule has 3 aromatic rings. The molecule has 2 N–H and O–H groups in total. The van der Waals surface area contributed by atoms with Crippen molar-refractivity contribution in [2.75, 3.05) is 33.0 Å². The van der Waals surface area contributed by atoms with E-state index in [1.807, 2.05) is 19.1 Å². The third-order valence-electron chi connectivity index (χ3n) is 6.39. The van der Waals surface area contributed by atoms with E-state index in [0.717, 1.165) is 11.8 Å². The van der Waals surface area contributed by atoms with Crippen molar-refractivity contribution in [1.82, 2.24) is 0 Å². The number of phenolic OH excluding ortho intramolecular Hbond substituents is 1. The molecule has 0 amide bonds. The summed E-state index contributed by atoms with van der Waals surface area (Å²) in [6.07, 6.45) is 2.58. The molecule has 0 aliphatic rings. The standard InChI is InChI=1S/C32H38O9/c1-4-7-26-28(13-11-25(21(2)33)32(26)37)40-17-5-15-38-16-6-18-41-29-12-9-23-8-10-24(39-19-14-30(35)36)20-27(23)31(29)22(3)34/h8-13,20,37H,4-7,14-19H2,1-3H3,(H,35,36). The fourth-order valence-corrected chi connectivity index (χ4v) is 4.43. The Morgan fingerprint density at radius 1 is 0.780 bits per heavy atom. The fourth-order valence-electron chi connectivity index (χ4n) is 4.43. The minimum atomic E-state index is -0.942. The fraction of sp³-hybridized carbons (Fsp3) is 0.406. The van der Waals surface area contributed by atoms with Gasteiger partial charge in [0, 0.05) is 31.6 Å².